The van der Waals surface area contributed by atoms with E-state index in [1.54, 1.807) is 0 Å². The molecule has 0 unspecified atom stereocenters. The Labute approximate surface area is 108 Å². The lowest BCUT2D eigenvalue weighted by atomic mass is 9.79. The second-order valence-electron chi connectivity index (χ2n) is 6.99. The minimum absolute atomic E-state index is 0.00477. The highest BCUT2D eigenvalue weighted by atomic mass is 16.6. The average molecular weight is 248 g/mol. The highest BCUT2D eigenvalue weighted by Gasteiger charge is 2.66. The molecule has 0 radical (unpaired) electrons. The molecule has 0 aromatic carbocycles. The molecule has 6 atom stereocenters. The minimum atomic E-state index is -0.188. The first-order valence-corrected chi connectivity index (χ1v) is 7.03. The first-order valence-electron chi connectivity index (χ1n) is 7.03. The number of esters is 1. The van der Waals surface area contributed by atoms with E-state index in [1.165, 1.54) is 6.42 Å². The molecule has 3 heteroatoms. The van der Waals surface area contributed by atoms with Gasteiger partial charge in [0, 0.05) is 17.9 Å². The van der Waals surface area contributed by atoms with Gasteiger partial charge in [-0.3, -0.25) is 0 Å². The molecular weight excluding hydrogens is 228 g/mol. The first kappa shape index (κ1) is 11.0. The van der Waals surface area contributed by atoms with Crippen LogP contribution in [0.1, 0.15) is 39.5 Å². The van der Waals surface area contributed by atoms with Crippen LogP contribution in [0.4, 0.5) is 0 Å². The summed E-state index contributed by atoms with van der Waals surface area (Å²) in [4.78, 5) is 11.7. The van der Waals surface area contributed by atoms with Crippen molar-refractivity contribution >= 4 is 5.97 Å². The number of hydrogen-bond acceptors (Lipinski definition) is 3. The van der Waals surface area contributed by atoms with Gasteiger partial charge in [-0.05, 0) is 44.9 Å². The summed E-state index contributed by atoms with van der Waals surface area (Å²) >= 11 is 0. The zero-order valence-corrected chi connectivity index (χ0v) is 11.1. The molecule has 0 aromatic rings. The van der Waals surface area contributed by atoms with Crippen LogP contribution in [-0.4, -0.2) is 23.3 Å². The standard InChI is InChI=1S/C15H20O3/c1-8-9-6-11-10-4-5-14(11,2)18-15(10,3)7-12(9)17-13(8)16/h9-12H,1,4-7H2,2-3H3/t9-,10-,11-,12+,14+,15-/m1/s1. The van der Waals surface area contributed by atoms with Gasteiger partial charge in [-0.25, -0.2) is 4.79 Å². The molecule has 4 rings (SSSR count). The molecule has 4 aliphatic rings. The summed E-state index contributed by atoms with van der Waals surface area (Å²) in [5, 5.41) is 0. The summed E-state index contributed by atoms with van der Waals surface area (Å²) in [6.45, 7) is 8.41. The van der Waals surface area contributed by atoms with Gasteiger partial charge in [-0.2, -0.15) is 0 Å². The van der Waals surface area contributed by atoms with Gasteiger partial charge in [0.25, 0.3) is 0 Å². The number of carbonyl (C=O) groups is 1. The Bertz CT molecular complexity index is 457. The fourth-order valence-electron chi connectivity index (χ4n) is 5.15. The van der Waals surface area contributed by atoms with Gasteiger partial charge in [0.2, 0.25) is 0 Å². The number of ether oxygens (including phenoxy) is 2. The molecule has 3 nitrogen and oxygen atoms in total. The molecule has 2 saturated carbocycles. The van der Waals surface area contributed by atoms with Crippen molar-refractivity contribution in [2.24, 2.45) is 17.8 Å². The third-order valence-electron chi connectivity index (χ3n) is 6.00. The summed E-state index contributed by atoms with van der Waals surface area (Å²) in [7, 11) is 0. The van der Waals surface area contributed by atoms with Crippen molar-refractivity contribution in [1.29, 1.82) is 0 Å². The Morgan fingerprint density at radius 1 is 1.28 bits per heavy atom. The Morgan fingerprint density at radius 2 is 2.06 bits per heavy atom. The summed E-state index contributed by atoms with van der Waals surface area (Å²) < 4.78 is 11.9. The maximum absolute atomic E-state index is 11.7. The molecule has 2 aliphatic heterocycles. The van der Waals surface area contributed by atoms with Gasteiger partial charge in [0.05, 0.1) is 11.2 Å². The summed E-state index contributed by atoms with van der Waals surface area (Å²) in [6.07, 6.45) is 4.30. The van der Waals surface area contributed by atoms with Crippen LogP contribution >= 0.6 is 0 Å². The molecule has 0 amide bonds. The number of carbonyl (C=O) groups excluding carboxylic acids is 1. The molecule has 2 heterocycles. The van der Waals surface area contributed by atoms with Crippen molar-refractivity contribution in [3.8, 4) is 0 Å². The second-order valence-corrected chi connectivity index (χ2v) is 6.99. The van der Waals surface area contributed by atoms with E-state index in [1.807, 2.05) is 0 Å². The van der Waals surface area contributed by atoms with Crippen LogP contribution in [0.25, 0.3) is 0 Å². The minimum Gasteiger partial charge on any atom is -0.458 e. The molecular formula is C15H20O3. The van der Waals surface area contributed by atoms with Crippen LogP contribution in [0.5, 0.6) is 0 Å². The van der Waals surface area contributed by atoms with Crippen molar-refractivity contribution in [3.05, 3.63) is 12.2 Å². The zero-order chi connectivity index (χ0) is 12.7. The third kappa shape index (κ3) is 1.12. The van der Waals surface area contributed by atoms with Crippen molar-refractivity contribution in [2.75, 3.05) is 0 Å². The largest absolute Gasteiger partial charge is 0.458 e. The lowest BCUT2D eigenvalue weighted by molar-refractivity contribution is -0.159. The molecule has 0 aromatic heterocycles. The highest BCUT2D eigenvalue weighted by Crippen LogP contribution is 2.63. The SMILES string of the molecule is C=C1C(=O)O[C@H]2C[C@@]3(C)O[C@@]4(C)CC[C@@H]3[C@H]4C[C@H]12. The van der Waals surface area contributed by atoms with E-state index in [0.29, 0.717) is 17.4 Å². The molecule has 2 aliphatic carbocycles. The maximum Gasteiger partial charge on any atom is 0.334 e. The fraction of sp³-hybridized carbons (Fsp3) is 0.800. The van der Waals surface area contributed by atoms with Gasteiger partial charge in [-0.1, -0.05) is 6.58 Å². The molecule has 98 valence electrons. The molecule has 4 fully saturated rings. The Kier molecular flexibility index (Phi) is 1.84. The molecule has 18 heavy (non-hydrogen) atoms. The lowest BCUT2D eigenvalue weighted by Gasteiger charge is -2.39. The number of hydrogen-bond donors (Lipinski definition) is 0. The van der Waals surface area contributed by atoms with E-state index in [2.05, 4.69) is 20.4 Å². The Hall–Kier alpha value is -0.830. The van der Waals surface area contributed by atoms with E-state index >= 15 is 0 Å². The van der Waals surface area contributed by atoms with E-state index in [9.17, 15) is 4.79 Å². The van der Waals surface area contributed by atoms with E-state index < -0.39 is 0 Å². The summed E-state index contributed by atoms with van der Waals surface area (Å²) in [5.41, 5.74) is 0.623. The van der Waals surface area contributed by atoms with Crippen molar-refractivity contribution < 1.29 is 14.3 Å². The van der Waals surface area contributed by atoms with Gasteiger partial charge >= 0.3 is 5.97 Å². The van der Waals surface area contributed by atoms with Crippen LogP contribution in [0.3, 0.4) is 0 Å². The molecule has 4 bridgehead atoms. The topological polar surface area (TPSA) is 35.5 Å². The Morgan fingerprint density at radius 3 is 2.83 bits per heavy atom. The smallest absolute Gasteiger partial charge is 0.334 e. The van der Waals surface area contributed by atoms with Crippen LogP contribution in [0.15, 0.2) is 12.2 Å². The Balaban J connectivity index is 1.76. The summed E-state index contributed by atoms with van der Waals surface area (Å²) in [6, 6.07) is 0. The maximum atomic E-state index is 11.7. The van der Waals surface area contributed by atoms with Gasteiger partial charge < -0.3 is 9.47 Å². The monoisotopic (exact) mass is 248 g/mol. The fourth-order valence-corrected chi connectivity index (χ4v) is 5.15. The predicted molar refractivity (Wildman–Crippen MR) is 65.9 cm³/mol. The lowest BCUT2D eigenvalue weighted by Crippen LogP contribution is -2.42. The molecule has 0 N–H and O–H groups in total. The van der Waals surface area contributed by atoms with Crippen LogP contribution < -0.4 is 0 Å². The normalized spacial score (nSPS) is 57.4. The summed E-state index contributed by atoms with van der Waals surface area (Å²) in [5.74, 6) is 1.25. The zero-order valence-electron chi connectivity index (χ0n) is 11.1. The van der Waals surface area contributed by atoms with Gasteiger partial charge in [0.15, 0.2) is 0 Å². The second kappa shape index (κ2) is 3.01. The van der Waals surface area contributed by atoms with E-state index in [0.717, 1.165) is 19.3 Å². The van der Waals surface area contributed by atoms with Crippen molar-refractivity contribution in [3.63, 3.8) is 0 Å². The third-order valence-corrected chi connectivity index (χ3v) is 6.00. The van der Waals surface area contributed by atoms with Gasteiger partial charge in [-0.15, -0.1) is 0 Å². The van der Waals surface area contributed by atoms with Crippen LogP contribution in [0, 0.1) is 17.8 Å². The quantitative estimate of drug-likeness (QED) is 0.488. The molecule has 2 saturated heterocycles. The molecule has 0 spiro atoms. The number of rotatable bonds is 0. The number of fused-ring (bicyclic) bond motifs is 1. The van der Waals surface area contributed by atoms with Crippen molar-refractivity contribution in [1.82, 2.24) is 0 Å². The van der Waals surface area contributed by atoms with Gasteiger partial charge in [0.1, 0.15) is 6.10 Å². The first-order chi connectivity index (χ1) is 8.43. The van der Waals surface area contributed by atoms with E-state index in [-0.39, 0.29) is 29.2 Å². The van der Waals surface area contributed by atoms with E-state index in [4.69, 9.17) is 9.47 Å². The predicted octanol–water partition coefficient (Wildman–Crippen LogP) is 2.45. The van der Waals surface area contributed by atoms with Crippen LogP contribution in [0.2, 0.25) is 0 Å². The van der Waals surface area contributed by atoms with Crippen molar-refractivity contribution in [2.45, 2.75) is 56.8 Å². The highest BCUT2D eigenvalue weighted by molar-refractivity contribution is 5.90. The van der Waals surface area contributed by atoms with Crippen LogP contribution in [-0.2, 0) is 14.3 Å². The average Bonchev–Trinajstić information content (AvgIpc) is 2.74.